The lowest BCUT2D eigenvalue weighted by atomic mass is 10.1. The summed E-state index contributed by atoms with van der Waals surface area (Å²) in [6.45, 7) is 5.34. The normalized spacial score (nSPS) is 14.6. The molecule has 1 heterocycles. The Balaban J connectivity index is 1.85. The fraction of sp³-hybridized carbons (Fsp3) is 0.304. The first-order chi connectivity index (χ1) is 14.5. The number of rotatable bonds is 7. The first-order valence-corrected chi connectivity index (χ1v) is 11.4. The van der Waals surface area contributed by atoms with Crippen molar-refractivity contribution in [2.45, 2.75) is 30.7 Å². The van der Waals surface area contributed by atoms with Gasteiger partial charge in [0.1, 0.15) is 0 Å². The van der Waals surface area contributed by atoms with Crippen molar-refractivity contribution >= 4 is 15.9 Å². The molecule has 0 bridgehead atoms. The molecule has 0 radical (unpaired) electrons. The zero-order valence-electron chi connectivity index (χ0n) is 16.8. The lowest BCUT2D eigenvalue weighted by Gasteiger charge is -2.26. The first kappa shape index (κ1) is 21.8. The van der Waals surface area contributed by atoms with Crippen LogP contribution in [-0.4, -0.2) is 43.2 Å². The summed E-state index contributed by atoms with van der Waals surface area (Å²) in [6, 6.07) is 15.4. The molecule has 0 unspecified atom stereocenters. The van der Waals surface area contributed by atoms with E-state index in [1.165, 1.54) is 16.4 Å². The number of piperidine rings is 1. The fourth-order valence-corrected chi connectivity index (χ4v) is 5.12. The van der Waals surface area contributed by atoms with Crippen molar-refractivity contribution in [3.63, 3.8) is 0 Å². The van der Waals surface area contributed by atoms with Gasteiger partial charge in [0.05, 0.1) is 16.5 Å². The summed E-state index contributed by atoms with van der Waals surface area (Å²) in [5.41, 5.74) is 1.65. The monoisotopic (exact) mass is 423 g/mol. The molecular weight excluding hydrogens is 398 g/mol. The molecule has 1 saturated heterocycles. The van der Waals surface area contributed by atoms with E-state index in [4.69, 9.17) is 5.26 Å². The summed E-state index contributed by atoms with van der Waals surface area (Å²) in [5, 5.41) is 9.09. The van der Waals surface area contributed by atoms with Gasteiger partial charge in [-0.2, -0.15) is 9.57 Å². The number of carbonyl (C=O) groups is 1. The summed E-state index contributed by atoms with van der Waals surface area (Å²) < 4.78 is 27.4. The molecule has 30 heavy (non-hydrogen) atoms. The number of sulfonamides is 1. The molecule has 7 heteroatoms. The van der Waals surface area contributed by atoms with Crippen molar-refractivity contribution in [3.05, 3.63) is 77.9 Å². The Hall–Kier alpha value is -2.95. The summed E-state index contributed by atoms with van der Waals surface area (Å²) in [5.74, 6) is -0.284. The van der Waals surface area contributed by atoms with Gasteiger partial charge < -0.3 is 4.90 Å². The summed E-state index contributed by atoms with van der Waals surface area (Å²) in [7, 11) is -3.62. The van der Waals surface area contributed by atoms with Crippen LogP contribution in [0.1, 0.15) is 40.7 Å². The summed E-state index contributed by atoms with van der Waals surface area (Å²) in [4.78, 5) is 14.9. The van der Waals surface area contributed by atoms with Gasteiger partial charge in [0.2, 0.25) is 10.0 Å². The molecule has 1 aliphatic rings. The van der Waals surface area contributed by atoms with Gasteiger partial charge in [-0.05, 0) is 48.7 Å². The van der Waals surface area contributed by atoms with E-state index in [0.29, 0.717) is 37.3 Å². The Bertz CT molecular complexity index is 1070. The van der Waals surface area contributed by atoms with Crippen molar-refractivity contribution < 1.29 is 13.2 Å². The first-order valence-electron chi connectivity index (χ1n) is 9.95. The molecule has 1 aliphatic heterocycles. The molecule has 1 amide bonds. The van der Waals surface area contributed by atoms with Crippen LogP contribution in [0, 0.1) is 11.3 Å². The Morgan fingerprint density at radius 1 is 1.13 bits per heavy atom. The van der Waals surface area contributed by atoms with E-state index in [1.54, 1.807) is 41.3 Å². The molecule has 1 fully saturated rings. The predicted molar refractivity (Wildman–Crippen MR) is 115 cm³/mol. The number of benzene rings is 2. The number of carbonyl (C=O) groups excluding carboxylic acids is 1. The van der Waals surface area contributed by atoms with Crippen LogP contribution in [0.3, 0.4) is 0 Å². The highest BCUT2D eigenvalue weighted by molar-refractivity contribution is 7.89. The van der Waals surface area contributed by atoms with Gasteiger partial charge >= 0.3 is 0 Å². The maximum atomic E-state index is 13.2. The average molecular weight is 424 g/mol. The molecule has 0 atom stereocenters. The molecular formula is C23H25N3O3S. The second-order valence-electron chi connectivity index (χ2n) is 7.28. The second kappa shape index (κ2) is 9.70. The molecule has 2 aromatic rings. The highest BCUT2D eigenvalue weighted by Gasteiger charge is 2.27. The van der Waals surface area contributed by atoms with Crippen molar-refractivity contribution in [3.8, 4) is 6.07 Å². The van der Waals surface area contributed by atoms with Crippen LogP contribution >= 0.6 is 0 Å². The van der Waals surface area contributed by atoms with Gasteiger partial charge in [-0.1, -0.05) is 30.7 Å². The van der Waals surface area contributed by atoms with Crippen molar-refractivity contribution in [2.24, 2.45) is 0 Å². The molecule has 0 aromatic heterocycles. The van der Waals surface area contributed by atoms with Crippen molar-refractivity contribution in [2.75, 3.05) is 19.6 Å². The average Bonchev–Trinajstić information content (AvgIpc) is 2.79. The SMILES string of the molecule is C=CCN(Cc1cccc(C#N)c1)C(=O)c1cccc(S(=O)(=O)N2CCCCC2)c1. The highest BCUT2D eigenvalue weighted by Crippen LogP contribution is 2.22. The van der Waals surface area contributed by atoms with Gasteiger partial charge in [-0.15, -0.1) is 6.58 Å². The van der Waals surface area contributed by atoms with E-state index in [2.05, 4.69) is 12.6 Å². The van der Waals surface area contributed by atoms with Crippen LogP contribution in [-0.2, 0) is 16.6 Å². The van der Waals surface area contributed by atoms with Gasteiger partial charge in [0.15, 0.2) is 0 Å². The number of nitriles is 1. The van der Waals surface area contributed by atoms with Crippen molar-refractivity contribution in [1.82, 2.24) is 9.21 Å². The molecule has 0 spiro atoms. The van der Waals surface area contributed by atoms with E-state index < -0.39 is 10.0 Å². The fourth-order valence-electron chi connectivity index (χ4n) is 3.56. The zero-order valence-corrected chi connectivity index (χ0v) is 17.6. The van der Waals surface area contributed by atoms with Gasteiger partial charge in [0, 0.05) is 31.7 Å². The van der Waals surface area contributed by atoms with Crippen LogP contribution in [0.4, 0.5) is 0 Å². The molecule has 2 aromatic carbocycles. The lowest BCUT2D eigenvalue weighted by Crippen LogP contribution is -2.36. The summed E-state index contributed by atoms with van der Waals surface area (Å²) in [6.07, 6.45) is 4.37. The second-order valence-corrected chi connectivity index (χ2v) is 9.22. The predicted octanol–water partition coefficient (Wildman–Crippen LogP) is 3.56. The zero-order chi connectivity index (χ0) is 21.6. The molecule has 156 valence electrons. The highest BCUT2D eigenvalue weighted by atomic mass is 32.2. The minimum absolute atomic E-state index is 0.139. The van der Waals surface area contributed by atoms with Crippen LogP contribution in [0.15, 0.2) is 66.1 Å². The van der Waals surface area contributed by atoms with Crippen LogP contribution < -0.4 is 0 Å². The third-order valence-corrected chi connectivity index (χ3v) is 6.99. The molecule has 3 rings (SSSR count). The minimum Gasteiger partial charge on any atom is -0.331 e. The Morgan fingerprint density at radius 2 is 1.87 bits per heavy atom. The van der Waals surface area contributed by atoms with Crippen LogP contribution in [0.25, 0.3) is 0 Å². The maximum absolute atomic E-state index is 13.2. The number of amides is 1. The molecule has 6 nitrogen and oxygen atoms in total. The number of nitrogens with zero attached hydrogens (tertiary/aromatic N) is 3. The lowest BCUT2D eigenvalue weighted by molar-refractivity contribution is 0.0762. The minimum atomic E-state index is -3.62. The topological polar surface area (TPSA) is 81.5 Å². The Labute approximate surface area is 178 Å². The van der Waals surface area contributed by atoms with Gasteiger partial charge in [-0.3, -0.25) is 4.79 Å². The largest absolute Gasteiger partial charge is 0.331 e. The Morgan fingerprint density at radius 3 is 2.57 bits per heavy atom. The van der Waals surface area contributed by atoms with E-state index in [-0.39, 0.29) is 10.8 Å². The molecule has 0 saturated carbocycles. The Kier molecular flexibility index (Phi) is 7.03. The molecule has 0 N–H and O–H groups in total. The maximum Gasteiger partial charge on any atom is 0.254 e. The molecule has 0 aliphatic carbocycles. The third kappa shape index (κ3) is 4.96. The number of hydrogen-bond donors (Lipinski definition) is 0. The quantitative estimate of drug-likeness (QED) is 0.638. The van der Waals surface area contributed by atoms with E-state index >= 15 is 0 Å². The smallest absolute Gasteiger partial charge is 0.254 e. The van der Waals surface area contributed by atoms with E-state index in [9.17, 15) is 13.2 Å². The standard InChI is InChI=1S/C23H25N3O3S/c1-2-12-25(18-20-9-6-8-19(15-20)17-24)23(27)21-10-7-11-22(16-21)30(28,29)26-13-4-3-5-14-26/h2,6-11,15-16H,1,3-5,12-14,18H2. The van der Waals surface area contributed by atoms with Crippen LogP contribution in [0.5, 0.6) is 0 Å². The van der Waals surface area contributed by atoms with Crippen LogP contribution in [0.2, 0.25) is 0 Å². The van der Waals surface area contributed by atoms with E-state index in [1.807, 2.05) is 6.07 Å². The van der Waals surface area contributed by atoms with Gasteiger partial charge in [-0.25, -0.2) is 8.42 Å². The number of hydrogen-bond acceptors (Lipinski definition) is 4. The summed E-state index contributed by atoms with van der Waals surface area (Å²) >= 11 is 0. The van der Waals surface area contributed by atoms with E-state index in [0.717, 1.165) is 24.8 Å². The third-order valence-electron chi connectivity index (χ3n) is 5.10. The van der Waals surface area contributed by atoms with Crippen molar-refractivity contribution in [1.29, 1.82) is 5.26 Å². The van der Waals surface area contributed by atoms with Gasteiger partial charge in [0.25, 0.3) is 5.91 Å².